The number of fused-ring (bicyclic) bond motifs is 1. The van der Waals surface area contributed by atoms with Crippen molar-refractivity contribution in [2.24, 2.45) is 0 Å². The van der Waals surface area contributed by atoms with Crippen molar-refractivity contribution in [1.82, 2.24) is 4.57 Å². The van der Waals surface area contributed by atoms with Gasteiger partial charge in [0.25, 0.3) is 10.6 Å². The van der Waals surface area contributed by atoms with Crippen LogP contribution in [0.5, 0.6) is 5.75 Å². The third kappa shape index (κ3) is 5.18. The van der Waals surface area contributed by atoms with Crippen LogP contribution in [0, 0.1) is 5.82 Å². The SMILES string of the molecule is CCn1c(=Cc2scc[n+]2Cc2ccccc2OC(F)(F)F)sc(=C2Sc3cc(F)ccc3N2C)c1=O. The fourth-order valence-electron chi connectivity index (χ4n) is 4.01. The molecule has 0 radical (unpaired) electrons. The van der Waals surface area contributed by atoms with E-state index in [4.69, 9.17) is 0 Å². The molecule has 5 rings (SSSR count). The van der Waals surface area contributed by atoms with E-state index in [0.29, 0.717) is 21.3 Å². The summed E-state index contributed by atoms with van der Waals surface area (Å²) >= 11 is 4.10. The Kier molecular flexibility index (Phi) is 6.90. The number of hydrogen-bond acceptors (Lipinski definition) is 6. The molecule has 5 nitrogen and oxygen atoms in total. The van der Waals surface area contributed by atoms with Crippen LogP contribution in [-0.4, -0.2) is 18.0 Å². The average Bonchev–Trinajstić information content (AvgIpc) is 3.50. The van der Waals surface area contributed by atoms with Crippen molar-refractivity contribution in [2.45, 2.75) is 31.3 Å². The van der Waals surface area contributed by atoms with Crippen LogP contribution in [0.2, 0.25) is 0 Å². The van der Waals surface area contributed by atoms with Gasteiger partial charge >= 0.3 is 6.36 Å². The summed E-state index contributed by atoms with van der Waals surface area (Å²) in [6, 6.07) is 10.6. The smallest absolute Gasteiger partial charge is 0.405 e. The van der Waals surface area contributed by atoms with Crippen LogP contribution in [0.3, 0.4) is 0 Å². The van der Waals surface area contributed by atoms with Gasteiger partial charge in [-0.25, -0.2) is 4.39 Å². The maximum atomic E-state index is 13.8. The van der Waals surface area contributed by atoms with Crippen LogP contribution >= 0.6 is 34.4 Å². The summed E-state index contributed by atoms with van der Waals surface area (Å²) in [5, 5.41) is 3.33. The van der Waals surface area contributed by atoms with E-state index in [-0.39, 0.29) is 23.7 Å². The Morgan fingerprint density at radius 1 is 1.16 bits per heavy atom. The van der Waals surface area contributed by atoms with Gasteiger partial charge in [-0.3, -0.25) is 9.36 Å². The average molecular weight is 567 g/mol. The summed E-state index contributed by atoms with van der Waals surface area (Å²) in [5.41, 5.74) is 1.06. The second-order valence-corrected chi connectivity index (χ2v) is 11.1. The molecule has 2 aromatic carbocycles. The largest absolute Gasteiger partial charge is 0.573 e. The second kappa shape index (κ2) is 9.99. The van der Waals surface area contributed by atoms with E-state index in [1.165, 1.54) is 58.7 Å². The predicted molar refractivity (Wildman–Crippen MR) is 138 cm³/mol. The van der Waals surface area contributed by atoms with Crippen molar-refractivity contribution in [1.29, 1.82) is 0 Å². The molecule has 1 aliphatic rings. The molecule has 0 fully saturated rings. The molecule has 0 saturated heterocycles. The quantitative estimate of drug-likeness (QED) is 0.264. The number of nitrogens with zero attached hydrogens (tertiary/aromatic N) is 3. The zero-order valence-corrected chi connectivity index (χ0v) is 22.0. The van der Waals surface area contributed by atoms with E-state index >= 15 is 0 Å². The third-order valence-corrected chi connectivity index (χ3v) is 9.03. The number of aromatic nitrogens is 2. The normalized spacial score (nSPS) is 15.4. The van der Waals surface area contributed by atoms with Crippen LogP contribution in [0.4, 0.5) is 23.2 Å². The minimum atomic E-state index is -4.79. The highest BCUT2D eigenvalue weighted by atomic mass is 32.2. The van der Waals surface area contributed by atoms with Gasteiger partial charge in [0.2, 0.25) is 0 Å². The Labute approximate surface area is 221 Å². The lowest BCUT2D eigenvalue weighted by molar-refractivity contribution is -0.685. The topological polar surface area (TPSA) is 38.4 Å². The van der Waals surface area contributed by atoms with Crippen LogP contribution in [-0.2, 0) is 13.1 Å². The molecule has 0 amide bonds. The molecular formula is C25H20F4N3O2S3+. The number of halogens is 4. The van der Waals surface area contributed by atoms with Crippen molar-refractivity contribution in [3.05, 3.63) is 90.0 Å². The van der Waals surface area contributed by atoms with Crippen molar-refractivity contribution in [3.63, 3.8) is 0 Å². The van der Waals surface area contributed by atoms with Crippen LogP contribution in [0.1, 0.15) is 17.5 Å². The molecule has 37 heavy (non-hydrogen) atoms. The minimum Gasteiger partial charge on any atom is -0.405 e. The Hall–Kier alpha value is -3.09. The first-order valence-corrected chi connectivity index (χ1v) is 13.6. The lowest BCUT2D eigenvalue weighted by Crippen LogP contribution is -2.36. The van der Waals surface area contributed by atoms with Crippen LogP contribution in [0.25, 0.3) is 11.1 Å². The highest BCUT2D eigenvalue weighted by Gasteiger charge is 2.32. The zero-order valence-electron chi connectivity index (χ0n) is 19.6. The molecule has 4 aromatic rings. The van der Waals surface area contributed by atoms with E-state index in [9.17, 15) is 22.4 Å². The molecule has 0 saturated carbocycles. The Morgan fingerprint density at radius 2 is 1.95 bits per heavy atom. The number of rotatable bonds is 5. The van der Waals surface area contributed by atoms with E-state index in [2.05, 4.69) is 4.74 Å². The van der Waals surface area contributed by atoms with Gasteiger partial charge in [0.15, 0.2) is 12.7 Å². The summed E-state index contributed by atoms with van der Waals surface area (Å²) < 4.78 is 61.3. The van der Waals surface area contributed by atoms with Gasteiger partial charge in [-0.1, -0.05) is 35.2 Å². The number of thiazole rings is 2. The summed E-state index contributed by atoms with van der Waals surface area (Å²) in [4.78, 5) is 16.0. The van der Waals surface area contributed by atoms with Crippen molar-refractivity contribution in [2.75, 3.05) is 11.9 Å². The lowest BCUT2D eigenvalue weighted by atomic mass is 10.2. The highest BCUT2D eigenvalue weighted by molar-refractivity contribution is 8.08. The summed E-state index contributed by atoms with van der Waals surface area (Å²) in [6.45, 7) is 2.48. The number of thioether (sulfide) groups is 1. The van der Waals surface area contributed by atoms with Gasteiger partial charge < -0.3 is 9.64 Å². The zero-order chi connectivity index (χ0) is 26.3. The van der Waals surface area contributed by atoms with Gasteiger partial charge in [-0.2, -0.15) is 4.57 Å². The molecule has 2 aromatic heterocycles. The van der Waals surface area contributed by atoms with Crippen molar-refractivity contribution >= 4 is 51.2 Å². The van der Waals surface area contributed by atoms with Gasteiger partial charge in [0, 0.05) is 18.5 Å². The number of alkyl halides is 3. The maximum Gasteiger partial charge on any atom is 0.573 e. The monoisotopic (exact) mass is 566 g/mol. The van der Waals surface area contributed by atoms with Gasteiger partial charge in [-0.15, -0.1) is 24.5 Å². The van der Waals surface area contributed by atoms with E-state index < -0.39 is 6.36 Å². The number of ether oxygens (including phenoxy) is 1. The molecular weight excluding hydrogens is 546 g/mol. The van der Waals surface area contributed by atoms with Crippen molar-refractivity contribution in [3.8, 4) is 5.75 Å². The molecule has 0 atom stereocenters. The van der Waals surface area contributed by atoms with Crippen LogP contribution in [0.15, 0.2) is 63.7 Å². The molecule has 1 aliphatic heterocycles. The molecule has 0 spiro atoms. The van der Waals surface area contributed by atoms with E-state index in [0.717, 1.165) is 20.6 Å². The Balaban J connectivity index is 1.56. The van der Waals surface area contributed by atoms with Crippen molar-refractivity contribution < 1.29 is 26.9 Å². The fraction of sp³-hybridized carbons (Fsp3) is 0.200. The fourth-order valence-corrected chi connectivity index (χ4v) is 7.35. The van der Waals surface area contributed by atoms with Gasteiger partial charge in [0.1, 0.15) is 25.8 Å². The molecule has 12 heteroatoms. The highest BCUT2D eigenvalue weighted by Crippen LogP contribution is 2.45. The lowest BCUT2D eigenvalue weighted by Gasteiger charge is -2.12. The molecule has 0 bridgehead atoms. The van der Waals surface area contributed by atoms with E-state index in [1.54, 1.807) is 29.0 Å². The molecule has 0 unspecified atom stereocenters. The van der Waals surface area contributed by atoms with Gasteiger partial charge in [-0.05, 0) is 37.3 Å². The molecule has 192 valence electrons. The predicted octanol–water partition coefficient (Wildman–Crippen LogP) is 4.50. The number of hydrogen-bond donors (Lipinski definition) is 0. The number of benzene rings is 2. The summed E-state index contributed by atoms with van der Waals surface area (Å²) in [5.74, 6) is -0.589. The Bertz CT molecular complexity index is 1660. The minimum absolute atomic E-state index is 0.145. The van der Waals surface area contributed by atoms with Crippen LogP contribution < -0.4 is 29.0 Å². The Morgan fingerprint density at radius 3 is 2.70 bits per heavy atom. The first-order chi connectivity index (χ1) is 17.6. The molecule has 0 N–H and O–H groups in total. The number of para-hydroxylation sites is 1. The number of anilines is 1. The van der Waals surface area contributed by atoms with E-state index in [1.807, 2.05) is 34.9 Å². The molecule has 3 heterocycles. The standard InChI is InChI=1S/C25H20F4N3O2S3/c1-3-32-21(37-22(23(32)33)24-30(2)17-9-8-16(26)12-19(17)36-24)13-20-31(10-11-35-20)14-15-6-4-5-7-18(15)34-25(27,28)29/h4-13H,3,14H2,1-2H3/q+1. The summed E-state index contributed by atoms with van der Waals surface area (Å²) in [6.07, 6.45) is -1.14. The third-order valence-electron chi connectivity index (χ3n) is 5.72. The first-order valence-electron chi connectivity index (χ1n) is 11.1. The van der Waals surface area contributed by atoms with Gasteiger partial charge in [0.05, 0.1) is 22.7 Å². The second-order valence-electron chi connectivity index (χ2n) is 8.07. The summed E-state index contributed by atoms with van der Waals surface area (Å²) in [7, 11) is 1.85. The maximum absolute atomic E-state index is 13.8. The first kappa shape index (κ1) is 25.6. The molecule has 0 aliphatic carbocycles.